The summed E-state index contributed by atoms with van der Waals surface area (Å²) in [5.74, 6) is 1.31. The van der Waals surface area contributed by atoms with Gasteiger partial charge in [-0.2, -0.15) is 0 Å². The van der Waals surface area contributed by atoms with Gasteiger partial charge in [-0.15, -0.1) is 0 Å². The van der Waals surface area contributed by atoms with Crippen LogP contribution < -0.4 is 0 Å². The first-order valence-electron chi connectivity index (χ1n) is 5.01. The molecule has 2 aliphatic rings. The molecule has 0 spiro atoms. The van der Waals surface area contributed by atoms with Gasteiger partial charge in [0.25, 0.3) is 0 Å². The van der Waals surface area contributed by atoms with Gasteiger partial charge in [0, 0.05) is 23.8 Å². The van der Waals surface area contributed by atoms with E-state index >= 15 is 0 Å². The van der Waals surface area contributed by atoms with Crippen LogP contribution in [0.25, 0.3) is 5.57 Å². The van der Waals surface area contributed by atoms with Crippen LogP contribution in [0.15, 0.2) is 22.8 Å². The van der Waals surface area contributed by atoms with Gasteiger partial charge in [0.05, 0.1) is 6.26 Å². The molecular formula is C12H12O2. The van der Waals surface area contributed by atoms with Crippen molar-refractivity contribution in [2.24, 2.45) is 5.41 Å². The van der Waals surface area contributed by atoms with Gasteiger partial charge >= 0.3 is 0 Å². The molecule has 1 atom stereocenters. The monoisotopic (exact) mass is 188 g/mol. The molecule has 0 bridgehead atoms. The number of hydrogen-bond donors (Lipinski definition) is 0. The molecule has 1 heterocycles. The van der Waals surface area contributed by atoms with Gasteiger partial charge in [0.15, 0.2) is 5.78 Å². The molecule has 0 saturated carbocycles. The molecule has 0 radical (unpaired) electrons. The number of carbonyl (C=O) groups excluding carboxylic acids is 1. The summed E-state index contributed by atoms with van der Waals surface area (Å²) in [5, 5.41) is 0. The molecular weight excluding hydrogens is 176 g/mol. The third-order valence-electron chi connectivity index (χ3n) is 3.46. The lowest BCUT2D eigenvalue weighted by molar-refractivity contribution is -0.115. The number of fused-ring (bicyclic) bond motifs is 3. The standard InChI is InChI=1S/C12H12O2/c1-12-4-2-11-9(3-5-14-11)10(12)6-8(13)7-12/h3,5-6H,2,4,7H2,1H3. The zero-order valence-electron chi connectivity index (χ0n) is 8.17. The van der Waals surface area contributed by atoms with E-state index in [-0.39, 0.29) is 11.2 Å². The van der Waals surface area contributed by atoms with Gasteiger partial charge < -0.3 is 4.42 Å². The molecule has 2 heteroatoms. The number of carbonyl (C=O) groups is 1. The number of hydrogen-bond acceptors (Lipinski definition) is 2. The van der Waals surface area contributed by atoms with Crippen molar-refractivity contribution < 1.29 is 9.21 Å². The third-order valence-corrected chi connectivity index (χ3v) is 3.46. The van der Waals surface area contributed by atoms with Crippen LogP contribution in [0.1, 0.15) is 31.1 Å². The smallest absolute Gasteiger partial charge is 0.156 e. The van der Waals surface area contributed by atoms with Crippen LogP contribution in [-0.2, 0) is 11.2 Å². The van der Waals surface area contributed by atoms with E-state index in [1.54, 1.807) is 12.3 Å². The Morgan fingerprint density at radius 3 is 3.21 bits per heavy atom. The highest BCUT2D eigenvalue weighted by Gasteiger charge is 2.41. The van der Waals surface area contributed by atoms with Crippen LogP contribution in [0.5, 0.6) is 0 Å². The minimum absolute atomic E-state index is 0.0773. The maximum absolute atomic E-state index is 11.4. The van der Waals surface area contributed by atoms with E-state index in [2.05, 4.69) is 6.92 Å². The zero-order valence-corrected chi connectivity index (χ0v) is 8.17. The third kappa shape index (κ3) is 0.884. The van der Waals surface area contributed by atoms with E-state index in [0.717, 1.165) is 24.2 Å². The van der Waals surface area contributed by atoms with E-state index in [1.807, 2.05) is 6.07 Å². The fourth-order valence-corrected chi connectivity index (χ4v) is 2.66. The van der Waals surface area contributed by atoms with Crippen LogP contribution >= 0.6 is 0 Å². The lowest BCUT2D eigenvalue weighted by Crippen LogP contribution is -2.21. The van der Waals surface area contributed by atoms with Crippen molar-refractivity contribution in [3.05, 3.63) is 29.7 Å². The van der Waals surface area contributed by atoms with E-state index in [4.69, 9.17) is 4.42 Å². The molecule has 2 nitrogen and oxygen atoms in total. The molecule has 2 aliphatic carbocycles. The van der Waals surface area contributed by atoms with Crippen molar-refractivity contribution in [2.45, 2.75) is 26.2 Å². The second-order valence-corrected chi connectivity index (χ2v) is 4.52. The Kier molecular flexibility index (Phi) is 1.37. The average molecular weight is 188 g/mol. The molecule has 0 N–H and O–H groups in total. The quantitative estimate of drug-likeness (QED) is 0.626. The summed E-state index contributed by atoms with van der Waals surface area (Å²) in [6, 6.07) is 1.98. The highest BCUT2D eigenvalue weighted by atomic mass is 16.3. The molecule has 1 aromatic heterocycles. The summed E-state index contributed by atoms with van der Waals surface area (Å²) < 4.78 is 5.39. The largest absolute Gasteiger partial charge is 0.469 e. The first kappa shape index (κ1) is 8.04. The Bertz CT molecular complexity index is 439. The molecule has 0 aromatic carbocycles. The Hall–Kier alpha value is -1.31. The summed E-state index contributed by atoms with van der Waals surface area (Å²) in [4.78, 5) is 11.4. The topological polar surface area (TPSA) is 30.2 Å². The van der Waals surface area contributed by atoms with Gasteiger partial charge in [-0.1, -0.05) is 6.92 Å². The van der Waals surface area contributed by atoms with Crippen LogP contribution in [0, 0.1) is 5.41 Å². The van der Waals surface area contributed by atoms with E-state index in [9.17, 15) is 4.79 Å². The molecule has 72 valence electrons. The minimum atomic E-state index is 0.0773. The molecule has 1 aromatic rings. The summed E-state index contributed by atoms with van der Waals surface area (Å²) in [6.45, 7) is 2.18. The van der Waals surface area contributed by atoms with Gasteiger partial charge in [-0.3, -0.25) is 4.79 Å². The van der Waals surface area contributed by atoms with E-state index in [1.165, 1.54) is 5.57 Å². The first-order chi connectivity index (χ1) is 6.69. The summed E-state index contributed by atoms with van der Waals surface area (Å²) in [6.07, 6.45) is 6.19. The van der Waals surface area contributed by atoms with Gasteiger partial charge in [0.1, 0.15) is 5.76 Å². The number of allylic oxidation sites excluding steroid dienone is 2. The van der Waals surface area contributed by atoms with Crippen molar-refractivity contribution in [2.75, 3.05) is 0 Å². The van der Waals surface area contributed by atoms with Crippen molar-refractivity contribution in [3.8, 4) is 0 Å². The number of aryl methyl sites for hydroxylation is 1. The van der Waals surface area contributed by atoms with E-state index < -0.39 is 0 Å². The molecule has 0 fully saturated rings. The Labute approximate surface area is 82.6 Å². The second kappa shape index (κ2) is 2.38. The Balaban J connectivity index is 2.21. The normalized spacial score (nSPS) is 29.8. The fourth-order valence-electron chi connectivity index (χ4n) is 2.66. The maximum atomic E-state index is 11.4. The number of furan rings is 1. The molecule has 0 saturated heterocycles. The highest BCUT2D eigenvalue weighted by molar-refractivity contribution is 6.04. The van der Waals surface area contributed by atoms with Crippen molar-refractivity contribution in [3.63, 3.8) is 0 Å². The summed E-state index contributed by atoms with van der Waals surface area (Å²) in [7, 11) is 0. The van der Waals surface area contributed by atoms with Gasteiger partial charge in [-0.05, 0) is 24.1 Å². The summed E-state index contributed by atoms with van der Waals surface area (Å²) in [5.41, 5.74) is 2.43. The van der Waals surface area contributed by atoms with Crippen LogP contribution in [0.4, 0.5) is 0 Å². The van der Waals surface area contributed by atoms with Crippen molar-refractivity contribution in [1.29, 1.82) is 0 Å². The fraction of sp³-hybridized carbons (Fsp3) is 0.417. The molecule has 0 amide bonds. The van der Waals surface area contributed by atoms with Crippen molar-refractivity contribution >= 4 is 11.4 Å². The SMILES string of the molecule is CC12CCc3occc3C1=CC(=O)C2. The lowest BCUT2D eigenvalue weighted by atomic mass is 9.72. The van der Waals surface area contributed by atoms with Crippen LogP contribution in [-0.4, -0.2) is 5.78 Å². The van der Waals surface area contributed by atoms with Gasteiger partial charge in [-0.25, -0.2) is 0 Å². The van der Waals surface area contributed by atoms with E-state index in [0.29, 0.717) is 6.42 Å². The lowest BCUT2D eigenvalue weighted by Gasteiger charge is -2.30. The number of ketones is 1. The first-order valence-corrected chi connectivity index (χ1v) is 5.01. The molecule has 1 unspecified atom stereocenters. The zero-order chi connectivity index (χ0) is 9.76. The summed E-state index contributed by atoms with van der Waals surface area (Å²) >= 11 is 0. The number of rotatable bonds is 0. The minimum Gasteiger partial charge on any atom is -0.469 e. The predicted molar refractivity (Wildman–Crippen MR) is 52.7 cm³/mol. The molecule has 3 rings (SSSR count). The average Bonchev–Trinajstić information content (AvgIpc) is 2.66. The maximum Gasteiger partial charge on any atom is 0.156 e. The Morgan fingerprint density at radius 1 is 1.50 bits per heavy atom. The second-order valence-electron chi connectivity index (χ2n) is 4.52. The van der Waals surface area contributed by atoms with Crippen molar-refractivity contribution in [1.82, 2.24) is 0 Å². The molecule has 0 aliphatic heterocycles. The molecule has 14 heavy (non-hydrogen) atoms. The Morgan fingerprint density at radius 2 is 2.36 bits per heavy atom. The highest BCUT2D eigenvalue weighted by Crippen LogP contribution is 2.50. The predicted octanol–water partition coefficient (Wildman–Crippen LogP) is 2.59. The van der Waals surface area contributed by atoms with Gasteiger partial charge in [0.2, 0.25) is 0 Å². The van der Waals surface area contributed by atoms with Crippen LogP contribution in [0.3, 0.4) is 0 Å². The van der Waals surface area contributed by atoms with Crippen LogP contribution in [0.2, 0.25) is 0 Å².